The topological polar surface area (TPSA) is 50.4 Å². The number of hydrogen-bond acceptors (Lipinski definition) is 3. The van der Waals surface area contributed by atoms with Gasteiger partial charge in [0.15, 0.2) is 6.10 Å². The fraction of sp³-hybridized carbons (Fsp3) is 0.278. The minimum absolute atomic E-state index is 0. The molecule has 2 aromatic carbocycles. The minimum Gasteiger partial charge on any atom is -0.479 e. The molecule has 0 bridgehead atoms. The van der Waals surface area contributed by atoms with E-state index >= 15 is 0 Å². The number of carbonyl (C=O) groups excluding carboxylic acids is 1. The number of anilines is 1. The highest BCUT2D eigenvalue weighted by molar-refractivity contribution is 6.35. The monoisotopic (exact) mass is 418 g/mol. The number of hydrogen-bond donors (Lipinski definition) is 2. The Morgan fingerprint density at radius 1 is 1.31 bits per heavy atom. The van der Waals surface area contributed by atoms with Gasteiger partial charge in [0.2, 0.25) is 0 Å². The third-order valence-corrected chi connectivity index (χ3v) is 4.56. The van der Waals surface area contributed by atoms with Crippen LogP contribution in [0.25, 0.3) is 0 Å². The summed E-state index contributed by atoms with van der Waals surface area (Å²) in [6, 6.07) is 8.12. The van der Waals surface area contributed by atoms with Crippen LogP contribution in [0, 0.1) is 5.82 Å². The molecular weight excluding hydrogens is 402 g/mol. The summed E-state index contributed by atoms with van der Waals surface area (Å²) in [6.07, 6.45) is -0.257. The van der Waals surface area contributed by atoms with E-state index in [2.05, 4.69) is 10.6 Å². The molecule has 0 aliphatic carbocycles. The van der Waals surface area contributed by atoms with E-state index in [9.17, 15) is 9.18 Å². The molecule has 140 valence electrons. The summed E-state index contributed by atoms with van der Waals surface area (Å²) in [5, 5.41) is 6.55. The van der Waals surface area contributed by atoms with Gasteiger partial charge in [0.1, 0.15) is 11.6 Å². The summed E-state index contributed by atoms with van der Waals surface area (Å²) in [4.78, 5) is 12.3. The van der Waals surface area contributed by atoms with Gasteiger partial charge in [0.05, 0.1) is 10.7 Å². The van der Waals surface area contributed by atoms with Gasteiger partial charge in [0, 0.05) is 11.6 Å². The number of ether oxygens (including phenoxy) is 1. The molecule has 0 saturated carbocycles. The van der Waals surface area contributed by atoms with Crippen molar-refractivity contribution in [2.24, 2.45) is 0 Å². The lowest BCUT2D eigenvalue weighted by molar-refractivity contribution is -0.122. The predicted molar refractivity (Wildman–Crippen MR) is 104 cm³/mol. The molecule has 1 atom stereocenters. The molecule has 1 amide bonds. The van der Waals surface area contributed by atoms with Gasteiger partial charge >= 0.3 is 0 Å². The van der Waals surface area contributed by atoms with Crippen molar-refractivity contribution in [1.29, 1.82) is 0 Å². The first-order valence-electron chi connectivity index (χ1n) is 7.89. The van der Waals surface area contributed by atoms with Crippen LogP contribution in [0.15, 0.2) is 30.3 Å². The first-order chi connectivity index (χ1) is 12.0. The molecule has 0 fully saturated rings. The molecular formula is C18H18Cl3FN2O2. The molecule has 8 heteroatoms. The Labute approximate surface area is 167 Å². The van der Waals surface area contributed by atoms with E-state index in [0.717, 1.165) is 12.1 Å². The highest BCUT2D eigenvalue weighted by Crippen LogP contribution is 2.29. The van der Waals surface area contributed by atoms with Crippen molar-refractivity contribution in [3.63, 3.8) is 0 Å². The summed E-state index contributed by atoms with van der Waals surface area (Å²) in [6.45, 7) is 2.92. The molecule has 4 nitrogen and oxygen atoms in total. The fourth-order valence-corrected chi connectivity index (χ4v) is 3.13. The Hall–Kier alpha value is -1.53. The zero-order valence-corrected chi connectivity index (χ0v) is 16.3. The van der Waals surface area contributed by atoms with Crippen LogP contribution in [0.4, 0.5) is 10.1 Å². The summed E-state index contributed by atoms with van der Waals surface area (Å²) >= 11 is 11.9. The first kappa shape index (κ1) is 20.8. The van der Waals surface area contributed by atoms with Crippen molar-refractivity contribution in [3.05, 3.63) is 57.3 Å². The van der Waals surface area contributed by atoms with Crippen molar-refractivity contribution < 1.29 is 13.9 Å². The Morgan fingerprint density at radius 3 is 2.81 bits per heavy atom. The van der Waals surface area contributed by atoms with Crippen LogP contribution in [-0.2, 0) is 17.8 Å². The van der Waals surface area contributed by atoms with Gasteiger partial charge in [-0.15, -0.1) is 12.4 Å². The van der Waals surface area contributed by atoms with E-state index in [4.69, 9.17) is 27.9 Å². The maximum atomic E-state index is 14.6. The second-order valence-electron chi connectivity index (χ2n) is 5.82. The van der Waals surface area contributed by atoms with Crippen molar-refractivity contribution in [2.75, 3.05) is 11.9 Å². The lowest BCUT2D eigenvalue weighted by Gasteiger charge is -2.20. The third-order valence-electron chi connectivity index (χ3n) is 4.03. The zero-order valence-electron chi connectivity index (χ0n) is 13.9. The molecule has 0 saturated heterocycles. The smallest absolute Gasteiger partial charge is 0.265 e. The molecule has 26 heavy (non-hydrogen) atoms. The summed E-state index contributed by atoms with van der Waals surface area (Å²) < 4.78 is 20.1. The predicted octanol–water partition coefficient (Wildman–Crippen LogP) is 4.61. The maximum absolute atomic E-state index is 14.6. The van der Waals surface area contributed by atoms with Crippen molar-refractivity contribution in [2.45, 2.75) is 26.0 Å². The van der Waals surface area contributed by atoms with Gasteiger partial charge in [-0.1, -0.05) is 29.3 Å². The Kier molecular flexibility index (Phi) is 7.12. The number of fused-ring (bicyclic) bond motifs is 1. The first-order valence-corrected chi connectivity index (χ1v) is 8.65. The van der Waals surface area contributed by atoms with Gasteiger partial charge in [-0.05, 0) is 55.3 Å². The van der Waals surface area contributed by atoms with Gasteiger partial charge in [-0.3, -0.25) is 4.79 Å². The van der Waals surface area contributed by atoms with E-state index in [1.165, 1.54) is 6.07 Å². The van der Waals surface area contributed by atoms with E-state index in [0.29, 0.717) is 34.3 Å². The van der Waals surface area contributed by atoms with Gasteiger partial charge in [-0.25, -0.2) is 4.39 Å². The van der Waals surface area contributed by atoms with E-state index in [1.54, 1.807) is 25.1 Å². The average Bonchev–Trinajstić information content (AvgIpc) is 2.60. The molecule has 0 aromatic heterocycles. The Morgan fingerprint density at radius 2 is 2.08 bits per heavy atom. The molecule has 0 radical (unpaired) electrons. The van der Waals surface area contributed by atoms with Crippen LogP contribution in [0.1, 0.15) is 18.1 Å². The molecule has 2 N–H and O–H groups in total. The Bertz CT molecular complexity index is 817. The zero-order chi connectivity index (χ0) is 18.0. The molecule has 1 heterocycles. The minimum atomic E-state index is -0.851. The van der Waals surface area contributed by atoms with Gasteiger partial charge in [0.25, 0.3) is 5.91 Å². The summed E-state index contributed by atoms with van der Waals surface area (Å²) in [5.74, 6) is -0.506. The van der Waals surface area contributed by atoms with Crippen molar-refractivity contribution in [1.82, 2.24) is 5.32 Å². The van der Waals surface area contributed by atoms with Crippen LogP contribution >= 0.6 is 35.6 Å². The SMILES string of the molecule is CC(Oc1ccc(Cl)cc1Cl)C(=O)Nc1ccc2c(c1F)CCNC2.Cl. The van der Waals surface area contributed by atoms with Crippen LogP contribution < -0.4 is 15.4 Å². The molecule has 1 aliphatic heterocycles. The maximum Gasteiger partial charge on any atom is 0.265 e. The molecule has 0 spiro atoms. The van der Waals surface area contributed by atoms with Crippen molar-refractivity contribution in [3.8, 4) is 5.75 Å². The number of halogens is 4. The second kappa shape index (κ2) is 8.91. The van der Waals surface area contributed by atoms with Crippen LogP contribution in [-0.4, -0.2) is 18.6 Å². The number of carbonyl (C=O) groups is 1. The number of amides is 1. The molecule has 1 unspecified atom stereocenters. The van der Waals surface area contributed by atoms with Crippen molar-refractivity contribution >= 4 is 47.2 Å². The highest BCUT2D eigenvalue weighted by Gasteiger charge is 2.21. The molecule has 1 aliphatic rings. The van der Waals surface area contributed by atoms with E-state index in [1.807, 2.05) is 6.07 Å². The van der Waals surface area contributed by atoms with E-state index < -0.39 is 12.0 Å². The lowest BCUT2D eigenvalue weighted by Crippen LogP contribution is -2.31. The quantitative estimate of drug-likeness (QED) is 0.761. The fourth-order valence-electron chi connectivity index (χ4n) is 2.68. The third kappa shape index (κ3) is 4.60. The average molecular weight is 420 g/mol. The van der Waals surface area contributed by atoms with Crippen LogP contribution in [0.2, 0.25) is 10.0 Å². The molecule has 3 rings (SSSR count). The van der Waals surface area contributed by atoms with Gasteiger partial charge in [-0.2, -0.15) is 0 Å². The van der Waals surface area contributed by atoms with Crippen LogP contribution in [0.5, 0.6) is 5.75 Å². The summed E-state index contributed by atoms with van der Waals surface area (Å²) in [5.41, 5.74) is 1.72. The summed E-state index contributed by atoms with van der Waals surface area (Å²) in [7, 11) is 0. The number of benzene rings is 2. The Balaban J connectivity index is 0.00000243. The lowest BCUT2D eigenvalue weighted by atomic mass is 9.99. The largest absolute Gasteiger partial charge is 0.479 e. The highest BCUT2D eigenvalue weighted by atomic mass is 35.5. The second-order valence-corrected chi connectivity index (χ2v) is 6.66. The normalized spacial score (nSPS) is 14.0. The molecule has 2 aromatic rings. The standard InChI is InChI=1S/C18H17Cl2FN2O2.ClH/c1-10(25-16-5-3-12(19)8-14(16)20)18(24)23-15-4-2-11-9-22-7-6-13(11)17(15)21;/h2-5,8,10,22H,6-7,9H2,1H3,(H,23,24);1H. The number of nitrogens with one attached hydrogen (secondary N) is 2. The number of rotatable bonds is 4. The van der Waals surface area contributed by atoms with Crippen LogP contribution in [0.3, 0.4) is 0 Å². The van der Waals surface area contributed by atoms with Gasteiger partial charge < -0.3 is 15.4 Å². The van der Waals surface area contributed by atoms with E-state index in [-0.39, 0.29) is 23.9 Å².